The molecule has 0 unspecified atom stereocenters. The molecule has 0 aromatic heterocycles. The van der Waals surface area contributed by atoms with E-state index in [1.54, 1.807) is 0 Å². The SMILES string of the molecule is CCN(C(=O)C1CCN(C(=O)C(C)(C)C)CC1)c1cccc(C)c1. The van der Waals surface area contributed by atoms with Crippen LogP contribution >= 0.6 is 0 Å². The Bertz CT molecular complexity index is 596. The number of benzene rings is 1. The number of carbonyl (C=O) groups is 2. The Labute approximate surface area is 145 Å². The second kappa shape index (κ2) is 7.37. The summed E-state index contributed by atoms with van der Waals surface area (Å²) in [6.07, 6.45) is 1.51. The van der Waals surface area contributed by atoms with E-state index >= 15 is 0 Å². The van der Waals surface area contributed by atoms with E-state index in [1.165, 1.54) is 0 Å². The van der Waals surface area contributed by atoms with Gasteiger partial charge in [-0.25, -0.2) is 0 Å². The molecule has 0 atom stereocenters. The average Bonchev–Trinajstić information content (AvgIpc) is 2.54. The molecule has 24 heavy (non-hydrogen) atoms. The molecule has 2 rings (SSSR count). The highest BCUT2D eigenvalue weighted by atomic mass is 16.2. The lowest BCUT2D eigenvalue weighted by Gasteiger charge is -2.36. The maximum Gasteiger partial charge on any atom is 0.230 e. The molecular weight excluding hydrogens is 300 g/mol. The zero-order valence-electron chi connectivity index (χ0n) is 15.6. The van der Waals surface area contributed by atoms with Crippen molar-refractivity contribution in [3.63, 3.8) is 0 Å². The zero-order valence-corrected chi connectivity index (χ0v) is 15.6. The van der Waals surface area contributed by atoms with E-state index in [0.29, 0.717) is 19.6 Å². The number of piperidine rings is 1. The van der Waals surface area contributed by atoms with Gasteiger partial charge in [0.1, 0.15) is 0 Å². The Morgan fingerprint density at radius 2 is 1.83 bits per heavy atom. The van der Waals surface area contributed by atoms with Crippen molar-refractivity contribution < 1.29 is 9.59 Å². The number of hydrogen-bond donors (Lipinski definition) is 0. The van der Waals surface area contributed by atoms with Crippen LogP contribution in [0.5, 0.6) is 0 Å². The van der Waals surface area contributed by atoms with Gasteiger partial charge in [0.15, 0.2) is 0 Å². The van der Waals surface area contributed by atoms with Gasteiger partial charge in [0.2, 0.25) is 11.8 Å². The third-order valence-electron chi connectivity index (χ3n) is 4.67. The molecule has 0 radical (unpaired) electrons. The van der Waals surface area contributed by atoms with Crippen LogP contribution in [-0.2, 0) is 9.59 Å². The lowest BCUT2D eigenvalue weighted by molar-refractivity contribution is -0.142. The molecule has 1 aliphatic heterocycles. The van der Waals surface area contributed by atoms with Crippen LogP contribution in [0.1, 0.15) is 46.1 Å². The van der Waals surface area contributed by atoms with Crippen molar-refractivity contribution in [3.8, 4) is 0 Å². The summed E-state index contributed by atoms with van der Waals surface area (Å²) in [6.45, 7) is 11.9. The molecule has 4 heteroatoms. The molecule has 132 valence electrons. The normalized spacial score (nSPS) is 16.1. The predicted octanol–water partition coefficient (Wildman–Crippen LogP) is 3.63. The largest absolute Gasteiger partial charge is 0.342 e. The van der Waals surface area contributed by atoms with Crippen LogP contribution in [-0.4, -0.2) is 36.3 Å². The summed E-state index contributed by atoms with van der Waals surface area (Å²) in [5.74, 6) is 0.375. The minimum Gasteiger partial charge on any atom is -0.342 e. The highest BCUT2D eigenvalue weighted by Crippen LogP contribution is 2.26. The summed E-state index contributed by atoms with van der Waals surface area (Å²) in [5.41, 5.74) is 1.77. The Morgan fingerprint density at radius 1 is 1.21 bits per heavy atom. The first-order chi connectivity index (χ1) is 11.2. The number of hydrogen-bond acceptors (Lipinski definition) is 2. The topological polar surface area (TPSA) is 40.6 Å². The van der Waals surface area contributed by atoms with Gasteiger partial charge in [0.05, 0.1) is 0 Å². The summed E-state index contributed by atoms with van der Waals surface area (Å²) in [5, 5.41) is 0. The van der Waals surface area contributed by atoms with Crippen LogP contribution in [0.3, 0.4) is 0 Å². The lowest BCUT2D eigenvalue weighted by atomic mass is 9.90. The molecule has 1 aromatic carbocycles. The van der Waals surface area contributed by atoms with Crippen molar-refractivity contribution in [2.75, 3.05) is 24.5 Å². The van der Waals surface area contributed by atoms with Crippen LogP contribution in [0.4, 0.5) is 5.69 Å². The van der Waals surface area contributed by atoms with Crippen LogP contribution in [0.2, 0.25) is 0 Å². The van der Waals surface area contributed by atoms with Gasteiger partial charge in [0.25, 0.3) is 0 Å². The number of nitrogens with zero attached hydrogens (tertiary/aromatic N) is 2. The van der Waals surface area contributed by atoms with Gasteiger partial charge in [-0.2, -0.15) is 0 Å². The molecule has 0 saturated carbocycles. The van der Waals surface area contributed by atoms with Crippen molar-refractivity contribution in [2.45, 2.75) is 47.5 Å². The van der Waals surface area contributed by atoms with Crippen LogP contribution in [0.15, 0.2) is 24.3 Å². The molecule has 0 bridgehead atoms. The third kappa shape index (κ3) is 4.16. The quantitative estimate of drug-likeness (QED) is 0.849. The predicted molar refractivity (Wildman–Crippen MR) is 98.0 cm³/mol. The van der Waals surface area contributed by atoms with Gasteiger partial charge < -0.3 is 9.80 Å². The minimum absolute atomic E-state index is 0.00878. The van der Waals surface area contributed by atoms with Crippen molar-refractivity contribution in [1.29, 1.82) is 0 Å². The van der Waals surface area contributed by atoms with Gasteiger partial charge in [0, 0.05) is 36.7 Å². The third-order valence-corrected chi connectivity index (χ3v) is 4.67. The Hall–Kier alpha value is -1.84. The first-order valence-corrected chi connectivity index (χ1v) is 8.91. The van der Waals surface area contributed by atoms with Gasteiger partial charge >= 0.3 is 0 Å². The maximum absolute atomic E-state index is 12.9. The van der Waals surface area contributed by atoms with Crippen molar-refractivity contribution in [3.05, 3.63) is 29.8 Å². The maximum atomic E-state index is 12.9. The van der Waals surface area contributed by atoms with E-state index in [2.05, 4.69) is 6.07 Å². The lowest BCUT2D eigenvalue weighted by Crippen LogP contribution is -2.47. The monoisotopic (exact) mass is 330 g/mol. The van der Waals surface area contributed by atoms with Crippen LogP contribution in [0.25, 0.3) is 0 Å². The fourth-order valence-electron chi connectivity index (χ4n) is 3.29. The second-order valence-corrected chi connectivity index (χ2v) is 7.74. The molecule has 1 aliphatic rings. The number of rotatable bonds is 3. The Balaban J connectivity index is 2.02. The van der Waals surface area contributed by atoms with Gasteiger partial charge in [-0.3, -0.25) is 9.59 Å². The number of likely N-dealkylation sites (tertiary alicyclic amines) is 1. The highest BCUT2D eigenvalue weighted by molar-refractivity contribution is 5.95. The smallest absolute Gasteiger partial charge is 0.230 e. The highest BCUT2D eigenvalue weighted by Gasteiger charge is 2.33. The van der Waals surface area contributed by atoms with E-state index in [0.717, 1.165) is 24.1 Å². The van der Waals surface area contributed by atoms with Crippen molar-refractivity contribution >= 4 is 17.5 Å². The summed E-state index contributed by atoms with van der Waals surface area (Å²) < 4.78 is 0. The van der Waals surface area contributed by atoms with E-state index in [4.69, 9.17) is 0 Å². The average molecular weight is 330 g/mol. The van der Waals surface area contributed by atoms with Crippen molar-refractivity contribution in [1.82, 2.24) is 4.90 Å². The molecule has 4 nitrogen and oxygen atoms in total. The van der Waals surface area contributed by atoms with E-state index in [9.17, 15) is 9.59 Å². The van der Waals surface area contributed by atoms with Crippen molar-refractivity contribution in [2.24, 2.45) is 11.3 Å². The molecule has 1 heterocycles. The minimum atomic E-state index is -0.353. The summed E-state index contributed by atoms with van der Waals surface area (Å²) >= 11 is 0. The fraction of sp³-hybridized carbons (Fsp3) is 0.600. The summed E-state index contributed by atoms with van der Waals surface area (Å²) in [4.78, 5) is 29.1. The molecule has 1 saturated heterocycles. The van der Waals surface area contributed by atoms with Gasteiger partial charge in [-0.15, -0.1) is 0 Å². The molecule has 1 fully saturated rings. The van der Waals surface area contributed by atoms with Crippen LogP contribution < -0.4 is 4.90 Å². The molecular formula is C20H30N2O2. The fourth-order valence-corrected chi connectivity index (χ4v) is 3.29. The Morgan fingerprint density at radius 3 is 2.33 bits per heavy atom. The number of anilines is 1. The molecule has 0 aliphatic carbocycles. The van der Waals surface area contributed by atoms with E-state index in [-0.39, 0.29) is 23.1 Å². The molecule has 0 N–H and O–H groups in total. The molecule has 0 spiro atoms. The number of carbonyl (C=O) groups excluding carboxylic acids is 2. The summed E-state index contributed by atoms with van der Waals surface area (Å²) in [7, 11) is 0. The molecule has 2 amide bonds. The van der Waals surface area contributed by atoms with Gasteiger partial charge in [-0.05, 0) is 44.4 Å². The first kappa shape index (κ1) is 18.5. The second-order valence-electron chi connectivity index (χ2n) is 7.74. The Kier molecular flexibility index (Phi) is 5.68. The van der Waals surface area contributed by atoms with Crippen LogP contribution in [0, 0.1) is 18.3 Å². The number of amides is 2. The van der Waals surface area contributed by atoms with Gasteiger partial charge in [-0.1, -0.05) is 32.9 Å². The van der Waals surface area contributed by atoms with E-state index in [1.807, 2.05) is 62.6 Å². The summed E-state index contributed by atoms with van der Waals surface area (Å²) in [6, 6.07) is 8.08. The molecule has 1 aromatic rings. The zero-order chi connectivity index (χ0) is 17.9. The first-order valence-electron chi connectivity index (χ1n) is 8.91. The standard InChI is InChI=1S/C20H30N2O2/c1-6-22(17-9-7-8-15(2)14-17)18(23)16-10-12-21(13-11-16)19(24)20(3,4)5/h7-9,14,16H,6,10-13H2,1-5H3. The number of aryl methyl sites for hydroxylation is 1. The van der Waals surface area contributed by atoms with E-state index < -0.39 is 0 Å².